The third-order valence-electron chi connectivity index (χ3n) is 3.91. The summed E-state index contributed by atoms with van der Waals surface area (Å²) in [7, 11) is 1.86. The van der Waals surface area contributed by atoms with E-state index in [-0.39, 0.29) is 0 Å². The van der Waals surface area contributed by atoms with Crippen molar-refractivity contribution < 1.29 is 4.74 Å². The van der Waals surface area contributed by atoms with Crippen molar-refractivity contribution in [3.63, 3.8) is 0 Å². The summed E-state index contributed by atoms with van der Waals surface area (Å²) in [6.07, 6.45) is 3.30. The van der Waals surface area contributed by atoms with Gasteiger partial charge in [-0.1, -0.05) is 30.3 Å². The van der Waals surface area contributed by atoms with Crippen molar-refractivity contribution >= 4 is 27.6 Å². The molecule has 4 rings (SSSR count). The van der Waals surface area contributed by atoms with Crippen molar-refractivity contribution in [2.45, 2.75) is 0 Å². The van der Waals surface area contributed by atoms with Crippen molar-refractivity contribution in [3.8, 4) is 5.75 Å². The second-order valence-electron chi connectivity index (χ2n) is 5.51. The lowest BCUT2D eigenvalue weighted by Crippen LogP contribution is -2.12. The third-order valence-corrected chi connectivity index (χ3v) is 3.91. The Balaban J connectivity index is 1.40. The summed E-state index contributed by atoms with van der Waals surface area (Å²) in [6, 6.07) is 14.4. The zero-order valence-corrected chi connectivity index (χ0v) is 13.3. The van der Waals surface area contributed by atoms with Crippen LogP contribution in [0.5, 0.6) is 5.75 Å². The van der Waals surface area contributed by atoms with Crippen LogP contribution >= 0.6 is 0 Å². The molecule has 0 aliphatic carbocycles. The first kappa shape index (κ1) is 14.4. The molecule has 0 bridgehead atoms. The highest BCUT2D eigenvalue weighted by atomic mass is 16.5. The maximum absolute atomic E-state index is 5.83. The first-order chi connectivity index (χ1) is 11.8. The zero-order chi connectivity index (χ0) is 16.4. The first-order valence-corrected chi connectivity index (χ1v) is 7.79. The second kappa shape index (κ2) is 6.16. The van der Waals surface area contributed by atoms with E-state index >= 15 is 0 Å². The molecule has 0 aliphatic rings. The predicted molar refractivity (Wildman–Crippen MR) is 94.2 cm³/mol. The number of hydrogen-bond donors (Lipinski definition) is 1. The lowest BCUT2D eigenvalue weighted by molar-refractivity contribution is 0.333. The van der Waals surface area contributed by atoms with Gasteiger partial charge < -0.3 is 10.1 Å². The molecular weight excluding hydrogens is 302 g/mol. The van der Waals surface area contributed by atoms with Gasteiger partial charge in [-0.05, 0) is 22.9 Å². The molecule has 2 aromatic heterocycles. The quantitative estimate of drug-likeness (QED) is 0.573. The van der Waals surface area contributed by atoms with Crippen LogP contribution in [0, 0.1) is 0 Å². The Morgan fingerprint density at radius 2 is 1.96 bits per heavy atom. The molecule has 2 heterocycles. The van der Waals surface area contributed by atoms with Crippen molar-refractivity contribution in [1.82, 2.24) is 19.7 Å². The van der Waals surface area contributed by atoms with E-state index in [1.54, 1.807) is 10.9 Å². The van der Waals surface area contributed by atoms with Gasteiger partial charge in [0.05, 0.1) is 18.1 Å². The Kier molecular flexibility index (Phi) is 3.70. The van der Waals surface area contributed by atoms with Gasteiger partial charge >= 0.3 is 0 Å². The summed E-state index contributed by atoms with van der Waals surface area (Å²) in [4.78, 5) is 8.50. The number of benzene rings is 2. The Bertz CT molecular complexity index is 995. The van der Waals surface area contributed by atoms with Crippen LogP contribution in [0.1, 0.15) is 0 Å². The SMILES string of the molecule is Cn1ncc2c(NCCOc3ccc4ccccc4c3)ncnc21. The number of nitrogens with zero attached hydrogens (tertiary/aromatic N) is 4. The maximum atomic E-state index is 5.83. The van der Waals surface area contributed by atoms with E-state index in [0.717, 1.165) is 22.6 Å². The molecule has 0 aliphatic heterocycles. The summed E-state index contributed by atoms with van der Waals surface area (Å²) in [5, 5.41) is 10.8. The summed E-state index contributed by atoms with van der Waals surface area (Å²) in [5.41, 5.74) is 0.808. The molecule has 6 nitrogen and oxygen atoms in total. The molecule has 0 saturated heterocycles. The van der Waals surface area contributed by atoms with Gasteiger partial charge in [-0.3, -0.25) is 4.68 Å². The van der Waals surface area contributed by atoms with Crippen LogP contribution in [0.25, 0.3) is 21.8 Å². The van der Waals surface area contributed by atoms with Gasteiger partial charge in [0.25, 0.3) is 0 Å². The van der Waals surface area contributed by atoms with E-state index in [1.807, 2.05) is 25.2 Å². The molecule has 120 valence electrons. The van der Waals surface area contributed by atoms with Crippen LogP contribution in [-0.2, 0) is 7.05 Å². The second-order valence-corrected chi connectivity index (χ2v) is 5.51. The van der Waals surface area contributed by atoms with Gasteiger partial charge in [-0.2, -0.15) is 5.10 Å². The van der Waals surface area contributed by atoms with E-state index in [2.05, 4.69) is 44.6 Å². The van der Waals surface area contributed by atoms with Gasteiger partial charge in [0.2, 0.25) is 0 Å². The number of rotatable bonds is 5. The molecule has 0 fully saturated rings. The molecule has 24 heavy (non-hydrogen) atoms. The normalized spacial score (nSPS) is 11.0. The van der Waals surface area contributed by atoms with Crippen molar-refractivity contribution in [3.05, 3.63) is 55.0 Å². The van der Waals surface area contributed by atoms with Crippen molar-refractivity contribution in [2.24, 2.45) is 7.05 Å². The minimum atomic E-state index is 0.546. The van der Waals surface area contributed by atoms with Crippen LogP contribution < -0.4 is 10.1 Å². The molecule has 4 aromatic rings. The van der Waals surface area contributed by atoms with Gasteiger partial charge in [0, 0.05) is 7.05 Å². The Morgan fingerprint density at radius 1 is 1.08 bits per heavy atom. The highest BCUT2D eigenvalue weighted by Crippen LogP contribution is 2.21. The molecule has 0 amide bonds. The Morgan fingerprint density at radius 3 is 2.88 bits per heavy atom. The van der Waals surface area contributed by atoms with Gasteiger partial charge in [0.1, 0.15) is 24.5 Å². The van der Waals surface area contributed by atoms with Crippen LogP contribution in [-0.4, -0.2) is 32.9 Å². The van der Waals surface area contributed by atoms with Crippen molar-refractivity contribution in [2.75, 3.05) is 18.5 Å². The largest absolute Gasteiger partial charge is 0.492 e. The molecular formula is C18H17N5O. The summed E-state index contributed by atoms with van der Waals surface area (Å²) in [6.45, 7) is 1.19. The maximum Gasteiger partial charge on any atom is 0.163 e. The summed E-state index contributed by atoms with van der Waals surface area (Å²) < 4.78 is 7.56. The van der Waals surface area contributed by atoms with Gasteiger partial charge in [-0.25, -0.2) is 9.97 Å². The number of aromatic nitrogens is 4. The minimum Gasteiger partial charge on any atom is -0.492 e. The van der Waals surface area contributed by atoms with Gasteiger partial charge in [-0.15, -0.1) is 0 Å². The monoisotopic (exact) mass is 319 g/mol. The zero-order valence-electron chi connectivity index (χ0n) is 13.3. The number of anilines is 1. The third kappa shape index (κ3) is 2.74. The molecule has 0 atom stereocenters. The molecule has 1 N–H and O–H groups in total. The fourth-order valence-corrected chi connectivity index (χ4v) is 2.70. The average molecular weight is 319 g/mol. The number of nitrogens with one attached hydrogen (secondary N) is 1. The van der Waals surface area contributed by atoms with Crippen LogP contribution in [0.2, 0.25) is 0 Å². The lowest BCUT2D eigenvalue weighted by Gasteiger charge is -2.09. The number of aryl methyl sites for hydroxylation is 1. The van der Waals surface area contributed by atoms with Crippen LogP contribution in [0.3, 0.4) is 0 Å². The highest BCUT2D eigenvalue weighted by molar-refractivity contribution is 5.86. The fraction of sp³-hybridized carbons (Fsp3) is 0.167. The standard InChI is InChI=1S/C18H17N5O/c1-23-18-16(11-22-23)17(20-12-21-18)19-8-9-24-15-7-6-13-4-2-3-5-14(13)10-15/h2-7,10-12H,8-9H2,1H3,(H,19,20,21). The van der Waals surface area contributed by atoms with E-state index in [9.17, 15) is 0 Å². The van der Waals surface area contributed by atoms with E-state index in [1.165, 1.54) is 17.1 Å². The highest BCUT2D eigenvalue weighted by Gasteiger charge is 2.07. The molecule has 6 heteroatoms. The first-order valence-electron chi connectivity index (χ1n) is 7.79. The summed E-state index contributed by atoms with van der Waals surface area (Å²) >= 11 is 0. The summed E-state index contributed by atoms with van der Waals surface area (Å²) in [5.74, 6) is 1.64. The smallest absolute Gasteiger partial charge is 0.163 e. The molecule has 0 radical (unpaired) electrons. The minimum absolute atomic E-state index is 0.546. The van der Waals surface area contributed by atoms with Crippen LogP contribution in [0.4, 0.5) is 5.82 Å². The van der Waals surface area contributed by atoms with E-state index < -0.39 is 0 Å². The topological polar surface area (TPSA) is 64.9 Å². The fourth-order valence-electron chi connectivity index (χ4n) is 2.70. The average Bonchev–Trinajstić information content (AvgIpc) is 3.01. The molecule has 0 spiro atoms. The predicted octanol–water partition coefficient (Wildman–Crippen LogP) is 3.01. The molecule has 0 unspecified atom stereocenters. The molecule has 2 aromatic carbocycles. The van der Waals surface area contributed by atoms with Crippen LogP contribution in [0.15, 0.2) is 55.0 Å². The van der Waals surface area contributed by atoms with Gasteiger partial charge in [0.15, 0.2) is 5.65 Å². The molecule has 0 saturated carbocycles. The number of hydrogen-bond acceptors (Lipinski definition) is 5. The Hall–Kier alpha value is -3.15. The Labute approximate surface area is 139 Å². The number of fused-ring (bicyclic) bond motifs is 2. The van der Waals surface area contributed by atoms with Crippen molar-refractivity contribution in [1.29, 1.82) is 0 Å². The lowest BCUT2D eigenvalue weighted by atomic mass is 10.1. The van der Waals surface area contributed by atoms with E-state index in [0.29, 0.717) is 13.2 Å². The van der Waals surface area contributed by atoms with E-state index in [4.69, 9.17) is 4.74 Å². The number of ether oxygens (including phenoxy) is 1.